The van der Waals surface area contributed by atoms with E-state index in [1.807, 2.05) is 6.07 Å². The SMILES string of the molecule is CCOC(=O)NCC(=O)N(C)c1ccc(Cl)cc1C(=O)c1ccccc1. The Kier molecular flexibility index (Phi) is 6.74. The number of hydrogen-bond acceptors (Lipinski definition) is 4. The highest BCUT2D eigenvalue weighted by Gasteiger charge is 2.20. The fourth-order valence-corrected chi connectivity index (χ4v) is 2.48. The predicted molar refractivity (Wildman–Crippen MR) is 99.8 cm³/mol. The zero-order valence-electron chi connectivity index (χ0n) is 14.5. The number of ketones is 1. The Morgan fingerprint density at radius 2 is 1.81 bits per heavy atom. The Balaban J connectivity index is 2.24. The van der Waals surface area contributed by atoms with E-state index < -0.39 is 12.0 Å². The third-order valence-electron chi connectivity index (χ3n) is 3.63. The summed E-state index contributed by atoms with van der Waals surface area (Å²) < 4.78 is 4.72. The highest BCUT2D eigenvalue weighted by molar-refractivity contribution is 6.31. The molecule has 7 heteroatoms. The molecule has 0 saturated carbocycles. The average Bonchev–Trinajstić information content (AvgIpc) is 2.65. The van der Waals surface area contributed by atoms with Crippen LogP contribution in [0.15, 0.2) is 48.5 Å². The topological polar surface area (TPSA) is 75.7 Å². The number of alkyl carbamates (subject to hydrolysis) is 1. The molecule has 0 spiro atoms. The normalized spacial score (nSPS) is 10.1. The maximum Gasteiger partial charge on any atom is 0.407 e. The lowest BCUT2D eigenvalue weighted by atomic mass is 10.0. The molecule has 0 saturated heterocycles. The van der Waals surface area contributed by atoms with Gasteiger partial charge in [-0.3, -0.25) is 9.59 Å². The zero-order valence-corrected chi connectivity index (χ0v) is 15.2. The average molecular weight is 375 g/mol. The molecule has 0 aliphatic carbocycles. The molecule has 136 valence electrons. The molecular formula is C19H19ClN2O4. The molecule has 0 radical (unpaired) electrons. The van der Waals surface area contributed by atoms with Crippen LogP contribution in [0.25, 0.3) is 0 Å². The van der Waals surface area contributed by atoms with E-state index in [-0.39, 0.29) is 18.9 Å². The minimum atomic E-state index is -0.675. The van der Waals surface area contributed by atoms with Crippen molar-refractivity contribution in [1.29, 1.82) is 0 Å². The summed E-state index contributed by atoms with van der Waals surface area (Å²) in [6.07, 6.45) is -0.675. The lowest BCUT2D eigenvalue weighted by Gasteiger charge is -2.21. The molecule has 26 heavy (non-hydrogen) atoms. The van der Waals surface area contributed by atoms with Gasteiger partial charge < -0.3 is 15.0 Å². The van der Waals surface area contributed by atoms with Crippen molar-refractivity contribution in [2.24, 2.45) is 0 Å². The third-order valence-corrected chi connectivity index (χ3v) is 3.87. The minimum Gasteiger partial charge on any atom is -0.450 e. The van der Waals surface area contributed by atoms with Gasteiger partial charge in [-0.15, -0.1) is 0 Å². The largest absolute Gasteiger partial charge is 0.450 e. The number of anilines is 1. The van der Waals surface area contributed by atoms with E-state index in [4.69, 9.17) is 16.3 Å². The molecule has 0 fully saturated rings. The second-order valence-corrected chi connectivity index (χ2v) is 5.82. The van der Waals surface area contributed by atoms with Crippen LogP contribution in [-0.4, -0.2) is 38.0 Å². The van der Waals surface area contributed by atoms with Gasteiger partial charge in [0, 0.05) is 23.2 Å². The molecule has 0 aliphatic heterocycles. The fraction of sp³-hybridized carbons (Fsp3) is 0.211. The first-order chi connectivity index (χ1) is 12.4. The molecule has 6 nitrogen and oxygen atoms in total. The first-order valence-electron chi connectivity index (χ1n) is 8.00. The second-order valence-electron chi connectivity index (χ2n) is 5.38. The molecule has 2 amide bonds. The summed E-state index contributed by atoms with van der Waals surface area (Å²) in [5, 5.41) is 2.75. The second kappa shape index (κ2) is 9.01. The summed E-state index contributed by atoms with van der Waals surface area (Å²) in [7, 11) is 1.53. The number of carbonyl (C=O) groups excluding carboxylic acids is 3. The van der Waals surface area contributed by atoms with E-state index in [1.165, 1.54) is 18.0 Å². The minimum absolute atomic E-state index is 0.211. The molecule has 0 aliphatic rings. The highest BCUT2D eigenvalue weighted by atomic mass is 35.5. The number of halogens is 1. The molecule has 2 aromatic carbocycles. The van der Waals surface area contributed by atoms with Gasteiger partial charge in [-0.05, 0) is 25.1 Å². The van der Waals surface area contributed by atoms with Crippen LogP contribution in [-0.2, 0) is 9.53 Å². The summed E-state index contributed by atoms with van der Waals surface area (Å²) in [5.41, 5.74) is 1.19. The van der Waals surface area contributed by atoms with Crippen LogP contribution < -0.4 is 10.2 Å². The van der Waals surface area contributed by atoms with Gasteiger partial charge in [0.15, 0.2) is 5.78 Å². The molecule has 0 unspecified atom stereocenters. The molecule has 0 bridgehead atoms. The lowest BCUT2D eigenvalue weighted by Crippen LogP contribution is -2.39. The van der Waals surface area contributed by atoms with E-state index >= 15 is 0 Å². The molecule has 0 aromatic heterocycles. The van der Waals surface area contributed by atoms with E-state index in [9.17, 15) is 14.4 Å². The maximum absolute atomic E-state index is 12.8. The Morgan fingerprint density at radius 3 is 2.46 bits per heavy atom. The summed E-state index contributed by atoms with van der Waals surface area (Å²) >= 11 is 6.04. The summed E-state index contributed by atoms with van der Waals surface area (Å²) in [6, 6.07) is 13.4. The number of carbonyl (C=O) groups is 3. The zero-order chi connectivity index (χ0) is 19.1. The van der Waals surface area contributed by atoms with Crippen molar-refractivity contribution in [2.45, 2.75) is 6.92 Å². The smallest absolute Gasteiger partial charge is 0.407 e. The Labute approximate surface area is 156 Å². The van der Waals surface area contributed by atoms with Crippen LogP contribution in [0, 0.1) is 0 Å². The summed E-state index contributed by atoms with van der Waals surface area (Å²) in [6.45, 7) is 1.63. The van der Waals surface area contributed by atoms with E-state index in [1.54, 1.807) is 43.3 Å². The number of hydrogen-bond donors (Lipinski definition) is 1. The van der Waals surface area contributed by atoms with Crippen molar-refractivity contribution in [2.75, 3.05) is 25.1 Å². The van der Waals surface area contributed by atoms with Crippen molar-refractivity contribution < 1.29 is 19.1 Å². The molecule has 1 N–H and O–H groups in total. The molecular weight excluding hydrogens is 356 g/mol. The van der Waals surface area contributed by atoms with Gasteiger partial charge >= 0.3 is 6.09 Å². The summed E-state index contributed by atoms with van der Waals surface area (Å²) in [4.78, 5) is 37.8. The number of nitrogens with one attached hydrogen (secondary N) is 1. The van der Waals surface area contributed by atoms with Gasteiger partial charge in [-0.1, -0.05) is 41.9 Å². The summed E-state index contributed by atoms with van der Waals surface area (Å²) in [5.74, 6) is -0.649. The first-order valence-corrected chi connectivity index (χ1v) is 8.38. The lowest BCUT2D eigenvalue weighted by molar-refractivity contribution is -0.117. The van der Waals surface area contributed by atoms with Gasteiger partial charge in [0.25, 0.3) is 0 Å². The van der Waals surface area contributed by atoms with Crippen LogP contribution in [0.4, 0.5) is 10.5 Å². The number of nitrogens with zero attached hydrogens (tertiary/aromatic N) is 1. The van der Waals surface area contributed by atoms with Crippen molar-refractivity contribution >= 4 is 35.1 Å². The predicted octanol–water partition coefficient (Wildman–Crippen LogP) is 3.28. The van der Waals surface area contributed by atoms with E-state index in [0.717, 1.165) is 0 Å². The fourth-order valence-electron chi connectivity index (χ4n) is 2.31. The Hall–Kier alpha value is -2.86. The van der Waals surface area contributed by atoms with E-state index in [2.05, 4.69) is 5.32 Å². The molecule has 0 heterocycles. The Morgan fingerprint density at radius 1 is 1.12 bits per heavy atom. The van der Waals surface area contributed by atoms with Gasteiger partial charge in [-0.2, -0.15) is 0 Å². The number of ether oxygens (including phenoxy) is 1. The van der Waals surface area contributed by atoms with Crippen molar-refractivity contribution in [3.63, 3.8) is 0 Å². The number of likely N-dealkylation sites (N-methyl/N-ethyl adjacent to an activating group) is 1. The number of amides is 2. The van der Waals surface area contributed by atoms with Crippen LogP contribution >= 0.6 is 11.6 Å². The number of rotatable bonds is 6. The monoisotopic (exact) mass is 374 g/mol. The van der Waals surface area contributed by atoms with Gasteiger partial charge in [0.05, 0.1) is 12.3 Å². The highest BCUT2D eigenvalue weighted by Crippen LogP contribution is 2.26. The standard InChI is InChI=1S/C19H19ClN2O4/c1-3-26-19(25)21-12-17(23)22(2)16-10-9-14(20)11-15(16)18(24)13-7-5-4-6-8-13/h4-11H,3,12H2,1-2H3,(H,21,25). The van der Waals surface area contributed by atoms with Crippen LogP contribution in [0.5, 0.6) is 0 Å². The molecule has 0 atom stereocenters. The third kappa shape index (κ3) is 4.83. The van der Waals surface area contributed by atoms with Gasteiger partial charge in [0.1, 0.15) is 6.54 Å². The van der Waals surface area contributed by atoms with Crippen LogP contribution in [0.1, 0.15) is 22.8 Å². The van der Waals surface area contributed by atoms with Crippen LogP contribution in [0.2, 0.25) is 5.02 Å². The molecule has 2 rings (SSSR count). The van der Waals surface area contributed by atoms with Crippen LogP contribution in [0.3, 0.4) is 0 Å². The van der Waals surface area contributed by atoms with Gasteiger partial charge in [-0.25, -0.2) is 4.79 Å². The van der Waals surface area contributed by atoms with Crippen molar-refractivity contribution in [1.82, 2.24) is 5.32 Å². The maximum atomic E-state index is 12.8. The number of benzene rings is 2. The van der Waals surface area contributed by atoms with Crippen molar-refractivity contribution in [3.8, 4) is 0 Å². The quantitative estimate of drug-likeness (QED) is 0.787. The van der Waals surface area contributed by atoms with Crippen molar-refractivity contribution in [3.05, 3.63) is 64.7 Å². The first kappa shape index (κ1) is 19.5. The van der Waals surface area contributed by atoms with E-state index in [0.29, 0.717) is 21.8 Å². The molecule has 2 aromatic rings. The van der Waals surface area contributed by atoms with Gasteiger partial charge in [0.2, 0.25) is 5.91 Å². The Bertz CT molecular complexity index is 808.